The summed E-state index contributed by atoms with van der Waals surface area (Å²) in [6, 6.07) is 43.4. The lowest BCUT2D eigenvalue weighted by molar-refractivity contribution is -0.247. The van der Waals surface area contributed by atoms with Gasteiger partial charge in [0.15, 0.2) is 24.8 Å². The van der Waals surface area contributed by atoms with Gasteiger partial charge in [-0.25, -0.2) is 8.42 Å². The van der Waals surface area contributed by atoms with Crippen molar-refractivity contribution in [1.82, 2.24) is 0 Å². The number of rotatable bonds is 12. The molecule has 0 aromatic heterocycles. The summed E-state index contributed by atoms with van der Waals surface area (Å²) in [7, 11) is -14.2. The Labute approximate surface area is 324 Å². The van der Waals surface area contributed by atoms with Gasteiger partial charge in [-0.05, 0) is 79.1 Å². The molecule has 16 heteroatoms. The third-order valence-corrected chi connectivity index (χ3v) is 11.9. The van der Waals surface area contributed by atoms with Crippen LogP contribution in [0.1, 0.15) is 30.5 Å². The van der Waals surface area contributed by atoms with Crippen molar-refractivity contribution < 1.29 is 57.0 Å². The first kappa shape index (κ1) is 45.5. The van der Waals surface area contributed by atoms with Gasteiger partial charge in [-0.2, -0.15) is 34.8 Å². The minimum atomic E-state index is -7.33. The Bertz CT molecular complexity index is 2160. The number of hydrogen-bond donors (Lipinski definition) is 1. The van der Waals surface area contributed by atoms with Crippen LogP contribution >= 0.6 is 0 Å². The number of halogens is 6. The minimum absolute atomic E-state index is 0.0146. The lowest BCUT2D eigenvalue weighted by atomic mass is 9.97. The van der Waals surface area contributed by atoms with Gasteiger partial charge >= 0.3 is 26.5 Å². The smallest absolute Gasteiger partial charge is 0.450 e. The third kappa shape index (κ3) is 10.9. The van der Waals surface area contributed by atoms with E-state index in [-0.39, 0.29) is 10.9 Å². The highest BCUT2D eigenvalue weighted by molar-refractivity contribution is 7.97. The molecule has 7 nitrogen and oxygen atoms in total. The molecule has 0 aliphatic heterocycles. The van der Waals surface area contributed by atoms with Crippen LogP contribution < -0.4 is 4.18 Å². The number of hydrogen-bond acceptors (Lipinski definition) is 7. The first-order valence-corrected chi connectivity index (χ1v) is 20.1. The Morgan fingerprint density at radius 3 is 1.23 bits per heavy atom. The van der Waals surface area contributed by atoms with Gasteiger partial charge in [0.2, 0.25) is 0 Å². The van der Waals surface area contributed by atoms with Crippen LogP contribution in [0.2, 0.25) is 0 Å². The Kier molecular flexibility index (Phi) is 14.9. The van der Waals surface area contributed by atoms with Crippen LogP contribution in [-0.2, 0) is 36.7 Å². The Morgan fingerprint density at radius 2 is 0.929 bits per heavy atom. The molecule has 0 radical (unpaired) electrons. The Morgan fingerprint density at radius 1 is 0.589 bits per heavy atom. The van der Waals surface area contributed by atoms with Gasteiger partial charge in [0.25, 0.3) is 0 Å². The van der Waals surface area contributed by atoms with Gasteiger partial charge in [0.05, 0.1) is 16.5 Å². The minimum Gasteiger partial charge on any atom is -0.743 e. The zero-order valence-electron chi connectivity index (χ0n) is 29.7. The number of benzene rings is 5. The third-order valence-electron chi connectivity index (χ3n) is 7.47. The number of aliphatic hydroxyl groups is 1. The van der Waals surface area contributed by atoms with E-state index in [1.807, 2.05) is 24.3 Å². The monoisotopic (exact) mass is 838 g/mol. The second kappa shape index (κ2) is 18.4. The first-order chi connectivity index (χ1) is 26.0. The highest BCUT2D eigenvalue weighted by Crippen LogP contribution is 2.51. The average Bonchev–Trinajstić information content (AvgIpc) is 3.16. The van der Waals surface area contributed by atoms with Gasteiger partial charge in [-0.1, -0.05) is 116 Å². The van der Waals surface area contributed by atoms with Crippen molar-refractivity contribution in [2.45, 2.75) is 50.6 Å². The molecule has 0 spiro atoms. The molecule has 5 rings (SSSR count). The maximum Gasteiger partial charge on any atom is 0.450 e. The molecular weight excluding hydrogens is 803 g/mol. The fourth-order valence-electron chi connectivity index (χ4n) is 4.43. The normalized spacial score (nSPS) is 12.3. The molecule has 56 heavy (non-hydrogen) atoms. The van der Waals surface area contributed by atoms with E-state index in [4.69, 9.17) is 0 Å². The fraction of sp³-hybridized carbons (Fsp3) is 0.150. The van der Waals surface area contributed by atoms with E-state index >= 15 is 0 Å². The summed E-state index contributed by atoms with van der Waals surface area (Å²) in [4.78, 5) is 4.08. The van der Waals surface area contributed by atoms with Crippen molar-refractivity contribution >= 4 is 43.3 Å². The van der Waals surface area contributed by atoms with E-state index in [1.165, 1.54) is 20.8 Å². The second-order valence-electron chi connectivity index (χ2n) is 12.0. The van der Waals surface area contributed by atoms with Crippen LogP contribution in [-0.4, -0.2) is 42.9 Å². The van der Waals surface area contributed by atoms with Gasteiger partial charge in [0.1, 0.15) is 5.75 Å². The van der Waals surface area contributed by atoms with E-state index in [9.17, 15) is 52.8 Å². The summed E-state index contributed by atoms with van der Waals surface area (Å²) in [5, 5.41) is -4.05. The van der Waals surface area contributed by atoms with E-state index in [1.54, 1.807) is 19.9 Å². The SMILES string of the molecule is C=Cc1ccc(C(C)(C)O)cc1.C=Cc1ccc(OS(=O)(=O)C(F)(F)C(F)(F)C(F)(F)S(=O)(=O)[O-])cc1.c1ccc([S+](c2ccccc2)c2ccccc2)cc1. The molecule has 0 atom stereocenters. The molecule has 0 fully saturated rings. The Hall–Kier alpha value is -4.87. The van der Waals surface area contributed by atoms with Crippen molar-refractivity contribution in [1.29, 1.82) is 0 Å². The van der Waals surface area contributed by atoms with Crippen molar-refractivity contribution in [3.63, 3.8) is 0 Å². The molecule has 298 valence electrons. The largest absolute Gasteiger partial charge is 0.743 e. The molecule has 0 bridgehead atoms. The molecular formula is C40H36F6O7S3. The molecule has 0 saturated carbocycles. The lowest BCUT2D eigenvalue weighted by Gasteiger charge is -2.32. The summed E-state index contributed by atoms with van der Waals surface area (Å²) in [6.45, 7) is 10.5. The van der Waals surface area contributed by atoms with E-state index in [0.717, 1.165) is 23.3 Å². The van der Waals surface area contributed by atoms with Crippen molar-refractivity contribution in [3.05, 3.63) is 169 Å². The second-order valence-corrected chi connectivity index (χ2v) is 17.0. The highest BCUT2D eigenvalue weighted by atomic mass is 32.2. The topological polar surface area (TPSA) is 121 Å². The zero-order valence-corrected chi connectivity index (χ0v) is 32.2. The maximum absolute atomic E-state index is 13.5. The average molecular weight is 839 g/mol. The summed E-state index contributed by atoms with van der Waals surface area (Å²) >= 11 is 0. The first-order valence-electron chi connectivity index (χ1n) is 16.1. The van der Waals surface area contributed by atoms with Crippen molar-refractivity contribution in [2.24, 2.45) is 0 Å². The van der Waals surface area contributed by atoms with Gasteiger partial charge < -0.3 is 13.8 Å². The van der Waals surface area contributed by atoms with Crippen LogP contribution in [0.25, 0.3) is 12.2 Å². The summed E-state index contributed by atoms with van der Waals surface area (Å²) in [6.07, 6.45) is 3.02. The van der Waals surface area contributed by atoms with Gasteiger partial charge in [-0.15, -0.1) is 0 Å². The zero-order chi connectivity index (χ0) is 42.0. The van der Waals surface area contributed by atoms with E-state index in [2.05, 4.69) is 108 Å². The molecule has 0 aliphatic carbocycles. The molecule has 5 aromatic carbocycles. The lowest BCUT2D eigenvalue weighted by Crippen LogP contribution is -2.61. The van der Waals surface area contributed by atoms with Crippen LogP contribution in [0, 0.1) is 0 Å². The van der Waals surface area contributed by atoms with Crippen LogP contribution in [0.5, 0.6) is 5.75 Å². The van der Waals surface area contributed by atoms with Crippen molar-refractivity contribution in [2.75, 3.05) is 0 Å². The molecule has 0 unspecified atom stereocenters. The maximum atomic E-state index is 13.5. The molecule has 0 amide bonds. The number of alkyl halides is 6. The summed E-state index contributed by atoms with van der Waals surface area (Å²) < 4.78 is 136. The summed E-state index contributed by atoms with van der Waals surface area (Å²) in [5.74, 6) is -8.07. The van der Waals surface area contributed by atoms with E-state index < -0.39 is 48.0 Å². The standard InChI is InChI=1S/C18H15S.C11H8F6O6S2.C11H14O/c1-4-10-16(11-5-1)19(17-12-6-2-7-13-17)18-14-8-3-9-15-18;1-2-7-3-5-8(6-4-7)23-25(21,22)11(16,17)9(12,13)10(14,15)24(18,19)20;1-4-9-5-7-10(8-6-9)11(2,3)12/h1-15H;2-6H,1H2,(H,18,19,20);4-8,12H,1H2,2-3H3/q+1;;/p-1. The van der Waals surface area contributed by atoms with Crippen molar-refractivity contribution in [3.8, 4) is 5.75 Å². The molecule has 1 N–H and O–H groups in total. The summed E-state index contributed by atoms with van der Waals surface area (Å²) in [5.41, 5.74) is 1.58. The predicted molar refractivity (Wildman–Crippen MR) is 204 cm³/mol. The molecule has 5 aromatic rings. The Balaban J connectivity index is 0.000000239. The predicted octanol–water partition coefficient (Wildman–Crippen LogP) is 9.74. The molecule has 0 aliphatic rings. The quantitative estimate of drug-likeness (QED) is 0.0575. The fourth-order valence-corrected chi connectivity index (χ4v) is 7.95. The molecule has 0 heterocycles. The molecule has 0 saturated heterocycles. The van der Waals surface area contributed by atoms with Gasteiger partial charge in [-0.3, -0.25) is 0 Å². The highest BCUT2D eigenvalue weighted by Gasteiger charge is 2.81. The van der Waals surface area contributed by atoms with Crippen LogP contribution in [0.15, 0.2) is 167 Å². The van der Waals surface area contributed by atoms with E-state index in [0.29, 0.717) is 17.7 Å². The van der Waals surface area contributed by atoms with Gasteiger partial charge in [0, 0.05) is 0 Å². The van der Waals surface area contributed by atoms with Crippen LogP contribution in [0.4, 0.5) is 26.3 Å². The van der Waals surface area contributed by atoms with Crippen LogP contribution in [0.3, 0.4) is 0 Å².